The Hall–Kier alpha value is -1.93. The van der Waals surface area contributed by atoms with Gasteiger partial charge in [0.15, 0.2) is 19.7 Å². The van der Waals surface area contributed by atoms with E-state index in [4.69, 9.17) is 4.74 Å². The van der Waals surface area contributed by atoms with Gasteiger partial charge in [-0.2, -0.15) is 0 Å². The van der Waals surface area contributed by atoms with Gasteiger partial charge in [-0.05, 0) is 59.4 Å². The fourth-order valence-corrected chi connectivity index (χ4v) is 3.75. The quantitative estimate of drug-likeness (QED) is 0.675. The zero-order valence-corrected chi connectivity index (χ0v) is 19.5. The SMILES string of the molecule is CC(C)c1cc(F)cc(S(C)(=O)=O)c1.COc1cc(C(C)C)cc(S(C)(=O)=O)c1. The molecular weight excluding hydrogens is 415 g/mol. The lowest BCUT2D eigenvalue weighted by Crippen LogP contribution is -2.00. The molecule has 2 aromatic carbocycles. The second-order valence-electron chi connectivity index (χ2n) is 7.52. The first-order valence-corrected chi connectivity index (χ1v) is 12.8. The molecule has 0 aliphatic carbocycles. The summed E-state index contributed by atoms with van der Waals surface area (Å²) in [5, 5.41) is 0. The minimum absolute atomic E-state index is 0.0428. The molecule has 5 nitrogen and oxygen atoms in total. The predicted octanol–water partition coefficient (Wildman–Crippen LogP) is 4.57. The summed E-state index contributed by atoms with van der Waals surface area (Å²) in [4.78, 5) is 0.353. The molecule has 0 unspecified atom stereocenters. The molecule has 0 amide bonds. The first-order chi connectivity index (χ1) is 13.1. The molecule has 29 heavy (non-hydrogen) atoms. The fourth-order valence-electron chi connectivity index (χ4n) is 2.39. The Morgan fingerprint density at radius 3 is 1.52 bits per heavy atom. The van der Waals surface area contributed by atoms with Gasteiger partial charge >= 0.3 is 0 Å². The highest BCUT2D eigenvalue weighted by Crippen LogP contribution is 2.25. The normalized spacial score (nSPS) is 11.9. The summed E-state index contributed by atoms with van der Waals surface area (Å²) in [5.41, 5.74) is 1.67. The Bertz CT molecular complexity index is 1060. The summed E-state index contributed by atoms with van der Waals surface area (Å²) in [6.07, 6.45) is 2.28. The zero-order valence-electron chi connectivity index (χ0n) is 17.9. The van der Waals surface area contributed by atoms with E-state index >= 15 is 0 Å². The van der Waals surface area contributed by atoms with E-state index in [2.05, 4.69) is 0 Å². The largest absolute Gasteiger partial charge is 0.497 e. The minimum atomic E-state index is -3.32. The first kappa shape index (κ1) is 25.1. The van der Waals surface area contributed by atoms with Gasteiger partial charge in [0.1, 0.15) is 11.6 Å². The Morgan fingerprint density at radius 1 is 0.724 bits per heavy atom. The average molecular weight is 445 g/mol. The van der Waals surface area contributed by atoms with Gasteiger partial charge in [-0.3, -0.25) is 0 Å². The van der Waals surface area contributed by atoms with Crippen LogP contribution in [0.1, 0.15) is 50.7 Å². The van der Waals surface area contributed by atoms with Crippen LogP contribution in [0.15, 0.2) is 46.2 Å². The van der Waals surface area contributed by atoms with E-state index in [1.165, 1.54) is 25.5 Å². The van der Waals surface area contributed by atoms with Crippen LogP contribution >= 0.6 is 0 Å². The van der Waals surface area contributed by atoms with Crippen LogP contribution in [0.5, 0.6) is 5.75 Å². The molecule has 0 heterocycles. The van der Waals surface area contributed by atoms with Gasteiger partial charge in [0.2, 0.25) is 0 Å². The lowest BCUT2D eigenvalue weighted by atomic mass is 10.0. The average Bonchev–Trinajstić information content (AvgIpc) is 2.59. The maximum absolute atomic E-state index is 13.1. The van der Waals surface area contributed by atoms with E-state index in [9.17, 15) is 21.2 Å². The summed E-state index contributed by atoms with van der Waals surface area (Å²) in [5.74, 6) is 0.477. The molecule has 0 aliphatic rings. The van der Waals surface area contributed by atoms with Gasteiger partial charge in [0.25, 0.3) is 0 Å². The number of methoxy groups -OCH3 is 1. The van der Waals surface area contributed by atoms with Crippen molar-refractivity contribution in [3.05, 3.63) is 53.3 Å². The summed E-state index contributed by atoms with van der Waals surface area (Å²) < 4.78 is 63.4. The zero-order chi connectivity index (χ0) is 22.6. The Balaban J connectivity index is 0.000000291. The first-order valence-electron chi connectivity index (χ1n) is 9.04. The summed E-state index contributed by atoms with van der Waals surface area (Å²) >= 11 is 0. The van der Waals surface area contributed by atoms with E-state index in [-0.39, 0.29) is 16.7 Å². The number of halogens is 1. The van der Waals surface area contributed by atoms with E-state index in [1.807, 2.05) is 33.8 Å². The second-order valence-corrected chi connectivity index (χ2v) is 11.5. The molecule has 0 spiro atoms. The molecule has 0 bridgehead atoms. The van der Waals surface area contributed by atoms with Gasteiger partial charge in [0.05, 0.1) is 16.9 Å². The lowest BCUT2D eigenvalue weighted by molar-refractivity contribution is 0.412. The third-order valence-corrected chi connectivity index (χ3v) is 6.41. The van der Waals surface area contributed by atoms with Crippen molar-refractivity contribution in [3.8, 4) is 5.75 Å². The Labute approximate surface area is 173 Å². The van der Waals surface area contributed by atoms with Crippen LogP contribution in [0, 0.1) is 5.82 Å². The number of sulfone groups is 2. The third-order valence-electron chi connectivity index (χ3n) is 4.22. The Morgan fingerprint density at radius 2 is 1.14 bits per heavy atom. The molecule has 2 rings (SSSR count). The van der Waals surface area contributed by atoms with Gasteiger partial charge in [-0.1, -0.05) is 27.7 Å². The van der Waals surface area contributed by atoms with Crippen LogP contribution in [0.2, 0.25) is 0 Å². The van der Waals surface area contributed by atoms with Crippen molar-refractivity contribution in [1.29, 1.82) is 0 Å². The molecule has 0 atom stereocenters. The molecule has 0 saturated heterocycles. The standard InChI is InChI=1S/C11H16O3S.C10H13FO2S/c1-8(2)9-5-10(14-3)7-11(6-9)15(4,12)13;1-7(2)8-4-9(11)6-10(5-8)14(3,12)13/h5-8H,1-4H3;4-7H,1-3H3. The third kappa shape index (κ3) is 7.78. The second kappa shape index (κ2) is 9.71. The fraction of sp³-hybridized carbons (Fsp3) is 0.429. The number of benzene rings is 2. The topological polar surface area (TPSA) is 77.5 Å². The van der Waals surface area contributed by atoms with Crippen LogP contribution in [0.4, 0.5) is 4.39 Å². The highest BCUT2D eigenvalue weighted by Gasteiger charge is 2.12. The van der Waals surface area contributed by atoms with Gasteiger partial charge in [0, 0.05) is 12.5 Å². The maximum atomic E-state index is 13.1. The predicted molar refractivity (Wildman–Crippen MR) is 114 cm³/mol. The number of ether oxygens (including phenoxy) is 1. The van der Waals surface area contributed by atoms with E-state index < -0.39 is 25.5 Å². The van der Waals surface area contributed by atoms with Crippen molar-refractivity contribution >= 4 is 19.7 Å². The summed E-state index contributed by atoms with van der Waals surface area (Å²) in [6, 6.07) is 9.02. The van der Waals surface area contributed by atoms with Crippen LogP contribution in [-0.4, -0.2) is 36.5 Å². The van der Waals surface area contributed by atoms with Crippen LogP contribution in [0.25, 0.3) is 0 Å². The van der Waals surface area contributed by atoms with Gasteiger partial charge < -0.3 is 4.74 Å². The molecular formula is C21H29FO5S2. The van der Waals surface area contributed by atoms with Crippen molar-refractivity contribution in [3.63, 3.8) is 0 Å². The van der Waals surface area contributed by atoms with Crippen molar-refractivity contribution in [2.75, 3.05) is 19.6 Å². The molecule has 0 saturated carbocycles. The van der Waals surface area contributed by atoms with Crippen molar-refractivity contribution in [2.45, 2.75) is 49.3 Å². The lowest BCUT2D eigenvalue weighted by Gasteiger charge is -2.10. The maximum Gasteiger partial charge on any atom is 0.175 e. The van der Waals surface area contributed by atoms with Crippen molar-refractivity contribution in [1.82, 2.24) is 0 Å². The molecule has 0 fully saturated rings. The summed E-state index contributed by atoms with van der Waals surface area (Å²) in [7, 11) is -4.96. The van der Waals surface area contributed by atoms with E-state index in [0.29, 0.717) is 16.2 Å². The highest BCUT2D eigenvalue weighted by molar-refractivity contribution is 7.91. The van der Waals surface area contributed by atoms with Crippen molar-refractivity contribution < 1.29 is 26.0 Å². The van der Waals surface area contributed by atoms with Gasteiger partial charge in [-0.25, -0.2) is 21.2 Å². The number of hydrogen-bond acceptors (Lipinski definition) is 5. The molecule has 0 N–H and O–H groups in total. The molecule has 0 aromatic heterocycles. The molecule has 8 heteroatoms. The number of hydrogen-bond donors (Lipinski definition) is 0. The van der Waals surface area contributed by atoms with Crippen LogP contribution in [0.3, 0.4) is 0 Å². The molecule has 162 valence electrons. The number of rotatable bonds is 5. The van der Waals surface area contributed by atoms with Crippen molar-refractivity contribution in [2.24, 2.45) is 0 Å². The smallest absolute Gasteiger partial charge is 0.175 e. The minimum Gasteiger partial charge on any atom is -0.497 e. The molecule has 0 aliphatic heterocycles. The van der Waals surface area contributed by atoms with Gasteiger partial charge in [-0.15, -0.1) is 0 Å². The van der Waals surface area contributed by atoms with Crippen LogP contribution in [-0.2, 0) is 19.7 Å². The Kier molecular flexibility index (Phi) is 8.41. The molecule has 0 radical (unpaired) electrons. The van der Waals surface area contributed by atoms with Crippen LogP contribution < -0.4 is 4.74 Å². The van der Waals surface area contributed by atoms with E-state index in [0.717, 1.165) is 17.9 Å². The highest BCUT2D eigenvalue weighted by atomic mass is 32.2. The molecule has 2 aromatic rings. The van der Waals surface area contributed by atoms with E-state index in [1.54, 1.807) is 12.1 Å². The summed E-state index contributed by atoms with van der Waals surface area (Å²) in [6.45, 7) is 7.81. The monoisotopic (exact) mass is 444 g/mol.